The lowest BCUT2D eigenvalue weighted by Gasteiger charge is -2.37. The van der Waals surface area contributed by atoms with E-state index in [9.17, 15) is 18.8 Å². The van der Waals surface area contributed by atoms with E-state index < -0.39 is 12.6 Å². The first-order chi connectivity index (χ1) is 18.5. The number of piperidine rings is 2. The van der Waals surface area contributed by atoms with Gasteiger partial charge in [-0.05, 0) is 74.2 Å². The van der Waals surface area contributed by atoms with Crippen molar-refractivity contribution in [2.75, 3.05) is 33.3 Å². The number of fused-ring (bicyclic) bond motifs is 1. The molecule has 0 spiro atoms. The summed E-state index contributed by atoms with van der Waals surface area (Å²) >= 11 is 0. The smallest absolute Gasteiger partial charge is 0.329 e. The first kappa shape index (κ1) is 26.1. The Bertz CT molecular complexity index is 1340. The zero-order valence-electron chi connectivity index (χ0n) is 21.7. The van der Waals surface area contributed by atoms with Crippen LogP contribution in [0.3, 0.4) is 0 Å². The summed E-state index contributed by atoms with van der Waals surface area (Å²) < 4.78 is 21.2. The molecule has 0 saturated carbocycles. The number of ether oxygens (including phenoxy) is 1. The molecule has 1 aromatic carbocycles. The highest BCUT2D eigenvalue weighted by molar-refractivity contribution is 5.80. The van der Waals surface area contributed by atoms with Crippen LogP contribution >= 0.6 is 0 Å². The molecule has 2 saturated heterocycles. The number of halogens is 1. The van der Waals surface area contributed by atoms with Crippen molar-refractivity contribution < 1.29 is 18.7 Å². The van der Waals surface area contributed by atoms with Gasteiger partial charge in [0.15, 0.2) is 0 Å². The van der Waals surface area contributed by atoms with Gasteiger partial charge in [0.1, 0.15) is 13.2 Å². The van der Waals surface area contributed by atoms with Crippen LogP contribution in [0.25, 0.3) is 11.0 Å². The molecule has 0 bridgehead atoms. The minimum Gasteiger partial charge on any atom is -0.468 e. The second-order valence-corrected chi connectivity index (χ2v) is 10.2. The van der Waals surface area contributed by atoms with Crippen LogP contribution in [0.5, 0.6) is 0 Å². The van der Waals surface area contributed by atoms with Crippen molar-refractivity contribution in [3.8, 4) is 0 Å². The minimum atomic E-state index is -0.656. The molecular formula is C28H34FN5O4. The third-order valence-electron chi connectivity index (χ3n) is 7.93. The number of nitrogens with zero attached hydrogens (tertiary/aromatic N) is 5. The number of hydrogen-bond acceptors (Lipinski definition) is 6. The lowest BCUT2D eigenvalue weighted by Crippen LogP contribution is -2.46. The van der Waals surface area contributed by atoms with Crippen molar-refractivity contribution in [2.24, 2.45) is 5.92 Å². The zero-order valence-corrected chi connectivity index (χ0v) is 21.7. The van der Waals surface area contributed by atoms with E-state index >= 15 is 0 Å². The van der Waals surface area contributed by atoms with Crippen LogP contribution in [0.15, 0.2) is 47.5 Å². The lowest BCUT2D eigenvalue weighted by molar-refractivity contribution is -0.141. The Morgan fingerprint density at radius 3 is 2.34 bits per heavy atom. The Labute approximate surface area is 220 Å². The van der Waals surface area contributed by atoms with E-state index in [4.69, 9.17) is 4.74 Å². The Morgan fingerprint density at radius 1 is 0.974 bits per heavy atom. The van der Waals surface area contributed by atoms with Crippen molar-refractivity contribution in [2.45, 2.75) is 51.5 Å². The van der Waals surface area contributed by atoms with Crippen LogP contribution in [-0.2, 0) is 34.1 Å². The molecular weight excluding hydrogens is 489 g/mol. The topological polar surface area (TPSA) is 89.7 Å². The Kier molecular flexibility index (Phi) is 7.87. The van der Waals surface area contributed by atoms with Crippen molar-refractivity contribution >= 4 is 22.9 Å². The van der Waals surface area contributed by atoms with E-state index in [1.54, 1.807) is 22.8 Å². The van der Waals surface area contributed by atoms with Gasteiger partial charge in [0, 0.05) is 44.0 Å². The van der Waals surface area contributed by atoms with Crippen LogP contribution in [0.1, 0.15) is 42.9 Å². The summed E-state index contributed by atoms with van der Waals surface area (Å²) in [6.07, 6.45) is 6.61. The standard InChI is InChI=1S/C28H34FN5O4/c1-38-26(35)19-33-25-16-21(17-29)2-3-24(25)34(28(33)37)23-8-14-32(15-9-23)27(36)22-6-12-31(13-7-22)18-20-4-10-30-11-5-20/h2-5,10-11,16,22-23H,6-9,12-15,17-19H2,1H3. The van der Waals surface area contributed by atoms with Crippen LogP contribution < -0.4 is 5.69 Å². The second-order valence-electron chi connectivity index (χ2n) is 10.2. The first-order valence-corrected chi connectivity index (χ1v) is 13.2. The van der Waals surface area contributed by atoms with Gasteiger partial charge >= 0.3 is 11.7 Å². The summed E-state index contributed by atoms with van der Waals surface area (Å²) in [5, 5.41) is 0. The molecule has 0 aliphatic carbocycles. The van der Waals surface area contributed by atoms with Gasteiger partial charge < -0.3 is 9.64 Å². The number of imidazole rings is 1. The number of hydrogen-bond donors (Lipinski definition) is 0. The molecule has 2 aromatic heterocycles. The summed E-state index contributed by atoms with van der Waals surface area (Å²) in [7, 11) is 1.27. The van der Waals surface area contributed by atoms with Crippen molar-refractivity contribution in [1.29, 1.82) is 0 Å². The van der Waals surface area contributed by atoms with E-state index in [0.29, 0.717) is 42.5 Å². The quantitative estimate of drug-likeness (QED) is 0.443. The third kappa shape index (κ3) is 5.36. The fourth-order valence-electron chi connectivity index (χ4n) is 5.79. The van der Waals surface area contributed by atoms with Crippen LogP contribution in [0, 0.1) is 5.92 Å². The van der Waals surface area contributed by atoms with Gasteiger partial charge in [0.05, 0.1) is 18.1 Å². The number of alkyl halides is 1. The maximum Gasteiger partial charge on any atom is 0.329 e. The monoisotopic (exact) mass is 523 g/mol. The number of methoxy groups -OCH3 is 1. The van der Waals surface area contributed by atoms with Gasteiger partial charge in [-0.15, -0.1) is 0 Å². The molecule has 1 amide bonds. The van der Waals surface area contributed by atoms with Gasteiger partial charge in [0.25, 0.3) is 0 Å². The van der Waals surface area contributed by atoms with E-state index in [1.807, 2.05) is 29.4 Å². The molecule has 0 atom stereocenters. The number of amides is 1. The zero-order chi connectivity index (χ0) is 26.6. The highest BCUT2D eigenvalue weighted by atomic mass is 19.1. The van der Waals surface area contributed by atoms with Crippen molar-refractivity contribution in [3.05, 3.63) is 64.3 Å². The highest BCUT2D eigenvalue weighted by Gasteiger charge is 2.32. The molecule has 9 nitrogen and oxygen atoms in total. The van der Waals surface area contributed by atoms with Crippen LogP contribution in [0.2, 0.25) is 0 Å². The molecule has 0 N–H and O–H groups in total. The Balaban J connectivity index is 1.23. The lowest BCUT2D eigenvalue weighted by atomic mass is 9.93. The van der Waals surface area contributed by atoms with Crippen LogP contribution in [0.4, 0.5) is 4.39 Å². The number of likely N-dealkylation sites (tertiary alicyclic amines) is 2. The molecule has 4 heterocycles. The molecule has 38 heavy (non-hydrogen) atoms. The maximum atomic E-state index is 13.4. The predicted octanol–water partition coefficient (Wildman–Crippen LogP) is 2.92. The average molecular weight is 524 g/mol. The SMILES string of the molecule is COC(=O)Cn1c(=O)n(C2CCN(C(=O)C3CCN(Cc4ccncc4)CC3)CC2)c2ccc(CF)cc21. The van der Waals surface area contributed by atoms with Gasteiger partial charge in [-0.1, -0.05) is 6.07 Å². The fourth-order valence-corrected chi connectivity index (χ4v) is 5.79. The summed E-state index contributed by atoms with van der Waals surface area (Å²) in [5.74, 6) is -0.298. The van der Waals surface area contributed by atoms with Gasteiger partial charge in [0.2, 0.25) is 5.91 Å². The van der Waals surface area contributed by atoms with E-state index in [-0.39, 0.29) is 30.1 Å². The number of pyridine rings is 1. The number of esters is 1. The molecule has 0 radical (unpaired) electrons. The summed E-state index contributed by atoms with van der Waals surface area (Å²) in [6.45, 7) is 2.94. The molecule has 3 aromatic rings. The Morgan fingerprint density at radius 2 is 1.68 bits per heavy atom. The van der Waals surface area contributed by atoms with Crippen molar-refractivity contribution in [1.82, 2.24) is 23.9 Å². The molecule has 2 fully saturated rings. The molecule has 5 rings (SSSR count). The minimum absolute atomic E-state index is 0.0315. The summed E-state index contributed by atoms with van der Waals surface area (Å²) in [6, 6.07) is 8.98. The average Bonchev–Trinajstić information content (AvgIpc) is 3.23. The summed E-state index contributed by atoms with van der Waals surface area (Å²) in [4.78, 5) is 47.1. The number of carbonyl (C=O) groups excluding carboxylic acids is 2. The number of aromatic nitrogens is 3. The second kappa shape index (κ2) is 11.5. The highest BCUT2D eigenvalue weighted by Crippen LogP contribution is 2.29. The fraction of sp³-hybridized carbons (Fsp3) is 0.500. The molecule has 202 valence electrons. The van der Waals surface area contributed by atoms with Crippen LogP contribution in [-0.4, -0.2) is 69.1 Å². The largest absolute Gasteiger partial charge is 0.468 e. The molecule has 2 aliphatic heterocycles. The van der Waals surface area contributed by atoms with Gasteiger partial charge in [-0.25, -0.2) is 9.18 Å². The maximum absolute atomic E-state index is 13.4. The first-order valence-electron chi connectivity index (χ1n) is 13.2. The molecule has 0 unspecified atom stereocenters. The van der Waals surface area contributed by atoms with E-state index in [2.05, 4.69) is 9.88 Å². The summed E-state index contributed by atoms with van der Waals surface area (Å²) in [5.41, 5.74) is 2.55. The molecule has 2 aliphatic rings. The third-order valence-corrected chi connectivity index (χ3v) is 7.93. The normalized spacial score (nSPS) is 17.7. The van der Waals surface area contributed by atoms with Crippen molar-refractivity contribution in [3.63, 3.8) is 0 Å². The van der Waals surface area contributed by atoms with Gasteiger partial charge in [-0.3, -0.25) is 28.6 Å². The number of carbonyl (C=O) groups is 2. The number of rotatable bonds is 7. The van der Waals surface area contributed by atoms with E-state index in [0.717, 1.165) is 32.5 Å². The van der Waals surface area contributed by atoms with E-state index in [1.165, 1.54) is 17.2 Å². The number of benzene rings is 1. The Hall–Kier alpha value is -3.53. The predicted molar refractivity (Wildman–Crippen MR) is 140 cm³/mol. The molecule has 10 heteroatoms. The van der Waals surface area contributed by atoms with Gasteiger partial charge in [-0.2, -0.15) is 0 Å².